The monoisotopic (exact) mass is 458 g/mol. The smallest absolute Gasteiger partial charge is 0.282 e. The predicted molar refractivity (Wildman–Crippen MR) is 122 cm³/mol. The number of aryl methyl sites for hydroxylation is 1. The third kappa shape index (κ3) is 3.58. The molecule has 0 aliphatic carbocycles. The van der Waals surface area contributed by atoms with Gasteiger partial charge in [0.15, 0.2) is 0 Å². The molecule has 0 atom stereocenters. The number of rotatable bonds is 5. The standard InChI is InChI=1S/C22H16Cl2N2O3S/c1-12-10-13(23)5-7-16(12)25-20-19(18-4-3-9-30-18)21(27)26(22(20)28)14-6-8-17(29-2)15(24)11-14/h3-11,25H,1-2H3. The number of carbonyl (C=O) groups excluding carboxylic acids is 2. The van der Waals surface area contributed by atoms with Crippen LogP contribution in [0.15, 0.2) is 59.6 Å². The molecule has 0 bridgehead atoms. The highest BCUT2D eigenvalue weighted by atomic mass is 35.5. The van der Waals surface area contributed by atoms with Crippen LogP contribution in [0, 0.1) is 6.92 Å². The van der Waals surface area contributed by atoms with Crippen molar-refractivity contribution in [3.63, 3.8) is 0 Å². The average molecular weight is 459 g/mol. The molecule has 30 heavy (non-hydrogen) atoms. The summed E-state index contributed by atoms with van der Waals surface area (Å²) < 4.78 is 5.17. The van der Waals surface area contributed by atoms with Gasteiger partial charge in [-0.25, -0.2) is 4.90 Å². The Labute approximate surface area is 187 Å². The summed E-state index contributed by atoms with van der Waals surface area (Å²) in [5, 5.41) is 5.91. The van der Waals surface area contributed by atoms with Crippen LogP contribution in [-0.4, -0.2) is 18.9 Å². The zero-order chi connectivity index (χ0) is 21.4. The molecular weight excluding hydrogens is 443 g/mol. The maximum absolute atomic E-state index is 13.4. The minimum atomic E-state index is -0.459. The number of nitrogens with one attached hydrogen (secondary N) is 1. The number of nitrogens with zero attached hydrogens (tertiary/aromatic N) is 1. The Balaban J connectivity index is 1.80. The van der Waals surface area contributed by atoms with Crippen molar-refractivity contribution in [3.8, 4) is 5.75 Å². The third-order valence-corrected chi connectivity index (χ3v) is 6.11. The zero-order valence-corrected chi connectivity index (χ0v) is 18.4. The minimum Gasteiger partial charge on any atom is -0.495 e. The van der Waals surface area contributed by atoms with Crippen molar-refractivity contribution in [1.29, 1.82) is 0 Å². The maximum atomic E-state index is 13.4. The first-order valence-electron chi connectivity index (χ1n) is 8.94. The molecule has 0 radical (unpaired) electrons. The van der Waals surface area contributed by atoms with Crippen molar-refractivity contribution in [2.45, 2.75) is 6.92 Å². The van der Waals surface area contributed by atoms with E-state index in [-0.39, 0.29) is 5.70 Å². The van der Waals surface area contributed by atoms with Gasteiger partial charge in [-0.1, -0.05) is 29.3 Å². The fraction of sp³-hybridized carbons (Fsp3) is 0.0909. The molecule has 5 nitrogen and oxygen atoms in total. The molecule has 2 heterocycles. The summed E-state index contributed by atoms with van der Waals surface area (Å²) in [7, 11) is 1.50. The van der Waals surface area contributed by atoms with E-state index in [4.69, 9.17) is 27.9 Å². The average Bonchev–Trinajstić information content (AvgIpc) is 3.31. The van der Waals surface area contributed by atoms with Gasteiger partial charge < -0.3 is 10.1 Å². The second-order valence-corrected chi connectivity index (χ2v) is 8.37. The Hall–Kier alpha value is -2.80. The van der Waals surface area contributed by atoms with Gasteiger partial charge in [-0.2, -0.15) is 0 Å². The van der Waals surface area contributed by atoms with Crippen LogP contribution in [0.25, 0.3) is 5.57 Å². The topological polar surface area (TPSA) is 58.6 Å². The summed E-state index contributed by atoms with van der Waals surface area (Å²) in [5.41, 5.74) is 2.44. The zero-order valence-electron chi connectivity index (χ0n) is 16.0. The molecule has 2 amide bonds. The molecule has 0 saturated carbocycles. The number of anilines is 2. The van der Waals surface area contributed by atoms with Gasteiger partial charge in [0.25, 0.3) is 11.8 Å². The molecule has 0 spiro atoms. The number of ether oxygens (including phenoxy) is 1. The van der Waals surface area contributed by atoms with Crippen LogP contribution in [0.4, 0.5) is 11.4 Å². The van der Waals surface area contributed by atoms with Crippen molar-refractivity contribution in [2.75, 3.05) is 17.3 Å². The van der Waals surface area contributed by atoms with Crippen molar-refractivity contribution < 1.29 is 14.3 Å². The number of halogens is 2. The van der Waals surface area contributed by atoms with E-state index in [0.29, 0.717) is 37.6 Å². The van der Waals surface area contributed by atoms with E-state index >= 15 is 0 Å². The molecule has 2 aromatic carbocycles. The number of benzene rings is 2. The Morgan fingerprint density at radius 2 is 1.83 bits per heavy atom. The quantitative estimate of drug-likeness (QED) is 0.493. The van der Waals surface area contributed by atoms with Crippen molar-refractivity contribution in [3.05, 3.63) is 80.1 Å². The van der Waals surface area contributed by atoms with Crippen LogP contribution < -0.4 is 15.0 Å². The lowest BCUT2D eigenvalue weighted by atomic mass is 10.1. The first kappa shape index (κ1) is 20.5. The summed E-state index contributed by atoms with van der Waals surface area (Å²) >= 11 is 13.7. The van der Waals surface area contributed by atoms with E-state index in [9.17, 15) is 9.59 Å². The van der Waals surface area contributed by atoms with E-state index in [0.717, 1.165) is 10.5 Å². The molecule has 0 fully saturated rings. The summed E-state index contributed by atoms with van der Waals surface area (Å²) in [6.45, 7) is 1.88. The maximum Gasteiger partial charge on any atom is 0.282 e. The van der Waals surface area contributed by atoms with Crippen molar-refractivity contribution in [1.82, 2.24) is 0 Å². The van der Waals surface area contributed by atoms with E-state index in [1.54, 1.807) is 36.4 Å². The Morgan fingerprint density at radius 1 is 1.03 bits per heavy atom. The molecule has 1 aromatic heterocycles. The highest BCUT2D eigenvalue weighted by molar-refractivity contribution is 7.11. The van der Waals surface area contributed by atoms with Gasteiger partial charge >= 0.3 is 0 Å². The fourth-order valence-corrected chi connectivity index (χ4v) is 4.47. The molecule has 0 unspecified atom stereocenters. The van der Waals surface area contributed by atoms with Gasteiger partial charge in [0.05, 0.1) is 23.4 Å². The first-order chi connectivity index (χ1) is 14.4. The summed E-state index contributed by atoms with van der Waals surface area (Å²) in [4.78, 5) is 28.5. The number of hydrogen-bond acceptors (Lipinski definition) is 5. The van der Waals surface area contributed by atoms with Crippen molar-refractivity contribution >= 4 is 63.3 Å². The van der Waals surface area contributed by atoms with E-state index in [2.05, 4.69) is 5.32 Å². The molecular formula is C22H16Cl2N2O3S. The second-order valence-electron chi connectivity index (χ2n) is 6.58. The lowest BCUT2D eigenvalue weighted by Gasteiger charge is -2.17. The number of carbonyl (C=O) groups is 2. The molecule has 1 aliphatic rings. The molecule has 3 aromatic rings. The van der Waals surface area contributed by atoms with E-state index in [1.807, 2.05) is 24.4 Å². The Morgan fingerprint density at radius 3 is 2.47 bits per heavy atom. The molecule has 152 valence electrons. The van der Waals surface area contributed by atoms with Gasteiger partial charge in [0.2, 0.25) is 0 Å². The number of imide groups is 1. The predicted octanol–water partition coefficient (Wildman–Crippen LogP) is 5.77. The van der Waals surface area contributed by atoms with Gasteiger partial charge in [0.1, 0.15) is 11.4 Å². The molecule has 4 rings (SSSR count). The number of hydrogen-bond donors (Lipinski definition) is 1. The first-order valence-corrected chi connectivity index (χ1v) is 10.6. The van der Waals surface area contributed by atoms with Gasteiger partial charge in [-0.15, -0.1) is 11.3 Å². The largest absolute Gasteiger partial charge is 0.495 e. The van der Waals surface area contributed by atoms with Crippen LogP contribution in [-0.2, 0) is 9.59 Å². The fourth-order valence-electron chi connectivity index (χ4n) is 3.23. The lowest BCUT2D eigenvalue weighted by molar-refractivity contribution is -0.120. The highest BCUT2D eigenvalue weighted by Gasteiger charge is 2.41. The number of thiophene rings is 1. The Kier molecular flexibility index (Phi) is 5.56. The van der Waals surface area contributed by atoms with Crippen LogP contribution in [0.5, 0.6) is 5.75 Å². The minimum absolute atomic E-state index is 0.208. The second kappa shape index (κ2) is 8.14. The SMILES string of the molecule is COc1ccc(N2C(=O)C(Nc3ccc(Cl)cc3C)=C(c3cccs3)C2=O)cc1Cl. The normalized spacial score (nSPS) is 13.9. The van der Waals surface area contributed by atoms with Crippen molar-refractivity contribution in [2.24, 2.45) is 0 Å². The van der Waals surface area contributed by atoms with Crippen LogP contribution >= 0.6 is 34.5 Å². The van der Waals surface area contributed by atoms with E-state index < -0.39 is 11.8 Å². The van der Waals surface area contributed by atoms with Gasteiger partial charge in [-0.3, -0.25) is 9.59 Å². The molecule has 0 saturated heterocycles. The van der Waals surface area contributed by atoms with Crippen LogP contribution in [0.3, 0.4) is 0 Å². The van der Waals surface area contributed by atoms with Gasteiger partial charge in [0, 0.05) is 15.6 Å². The summed E-state index contributed by atoms with van der Waals surface area (Å²) in [5.74, 6) is -0.419. The summed E-state index contributed by atoms with van der Waals surface area (Å²) in [6.07, 6.45) is 0. The summed E-state index contributed by atoms with van der Waals surface area (Å²) in [6, 6.07) is 13.7. The van der Waals surface area contributed by atoms with Gasteiger partial charge in [-0.05, 0) is 60.3 Å². The van der Waals surface area contributed by atoms with Crippen LogP contribution in [0.1, 0.15) is 10.4 Å². The van der Waals surface area contributed by atoms with E-state index in [1.165, 1.54) is 18.4 Å². The number of amides is 2. The third-order valence-electron chi connectivity index (χ3n) is 4.69. The molecule has 8 heteroatoms. The lowest BCUT2D eigenvalue weighted by Crippen LogP contribution is -2.32. The molecule has 1 aliphatic heterocycles. The highest BCUT2D eigenvalue weighted by Crippen LogP contribution is 2.38. The van der Waals surface area contributed by atoms with Crippen LogP contribution in [0.2, 0.25) is 10.0 Å². The molecule has 1 N–H and O–H groups in total. The number of methoxy groups -OCH3 is 1. The Bertz CT molecular complexity index is 1190.